The summed E-state index contributed by atoms with van der Waals surface area (Å²) < 4.78 is 1.19. The van der Waals surface area contributed by atoms with Crippen molar-refractivity contribution in [2.24, 2.45) is 0 Å². The second-order valence-electron chi connectivity index (χ2n) is 7.25. The lowest BCUT2D eigenvalue weighted by molar-refractivity contribution is -0.130. The molecule has 1 heterocycles. The number of hydrogen-bond acceptors (Lipinski definition) is 5. The molecule has 3 rings (SSSR count). The minimum atomic E-state index is -0.108. The van der Waals surface area contributed by atoms with Crippen molar-refractivity contribution < 1.29 is 9.59 Å². The largest absolute Gasteiger partial charge is 0.361 e. The number of rotatable bonds is 10. The van der Waals surface area contributed by atoms with Crippen LogP contribution < -0.4 is 10.6 Å². The maximum Gasteiger partial charge on any atom is 0.251 e. The average molecular weight is 425 g/mol. The van der Waals surface area contributed by atoms with Gasteiger partial charge in [0.05, 0.1) is 10.2 Å². The summed E-state index contributed by atoms with van der Waals surface area (Å²) in [5, 5.41) is 6.93. The Labute approximate surface area is 181 Å². The molecule has 2 amide bonds. The molecule has 0 atom stereocenters. The summed E-state index contributed by atoms with van der Waals surface area (Å²) in [6.45, 7) is 1.41. The summed E-state index contributed by atoms with van der Waals surface area (Å²) in [6.07, 6.45) is 3.43. The lowest BCUT2D eigenvalue weighted by Crippen LogP contribution is -2.26. The number of para-hydroxylation sites is 1. The first-order chi connectivity index (χ1) is 14.6. The Balaban J connectivity index is 1.32. The zero-order chi connectivity index (χ0) is 21.3. The molecule has 158 valence electrons. The van der Waals surface area contributed by atoms with Crippen LogP contribution in [0.4, 0.5) is 5.13 Å². The smallest absolute Gasteiger partial charge is 0.251 e. The van der Waals surface area contributed by atoms with Crippen molar-refractivity contribution in [2.45, 2.75) is 32.2 Å². The predicted octanol–water partition coefficient (Wildman–Crippen LogP) is 4.29. The number of anilines is 1. The maximum atomic E-state index is 12.4. The van der Waals surface area contributed by atoms with Gasteiger partial charge in [-0.15, -0.1) is 0 Å². The Bertz CT molecular complexity index is 951. The molecule has 0 unspecified atom stereocenters. The molecule has 0 aliphatic carbocycles. The molecule has 2 aromatic carbocycles. The molecule has 0 radical (unpaired) electrons. The first-order valence-electron chi connectivity index (χ1n) is 10.2. The fourth-order valence-electron chi connectivity index (χ4n) is 3.18. The van der Waals surface area contributed by atoms with Gasteiger partial charge in [-0.1, -0.05) is 42.0 Å². The predicted molar refractivity (Wildman–Crippen MR) is 123 cm³/mol. The highest BCUT2D eigenvalue weighted by molar-refractivity contribution is 7.22. The number of carbonyl (C=O) groups excluding carboxylic acids is 2. The number of aromatic nitrogens is 1. The Morgan fingerprint density at radius 1 is 1.03 bits per heavy atom. The topological polar surface area (TPSA) is 74.3 Å². The minimum absolute atomic E-state index is 0.108. The number of hydrogen-bond donors (Lipinski definition) is 2. The average Bonchev–Trinajstić information content (AvgIpc) is 3.18. The number of thiazole rings is 1. The van der Waals surface area contributed by atoms with Crippen molar-refractivity contribution in [1.29, 1.82) is 0 Å². The molecule has 0 aliphatic heterocycles. The molecule has 0 aliphatic rings. The molecule has 0 saturated carbocycles. The molecule has 0 bridgehead atoms. The van der Waals surface area contributed by atoms with Crippen LogP contribution in [0.1, 0.15) is 41.6 Å². The van der Waals surface area contributed by atoms with Crippen molar-refractivity contribution in [3.8, 4) is 0 Å². The van der Waals surface area contributed by atoms with Crippen LogP contribution in [0.15, 0.2) is 48.5 Å². The second-order valence-corrected chi connectivity index (χ2v) is 8.28. The van der Waals surface area contributed by atoms with Crippen LogP contribution in [0.3, 0.4) is 0 Å². The van der Waals surface area contributed by atoms with Crippen molar-refractivity contribution >= 4 is 38.5 Å². The van der Waals surface area contributed by atoms with Crippen LogP contribution in [0.2, 0.25) is 0 Å². The molecule has 1 aromatic heterocycles. The van der Waals surface area contributed by atoms with E-state index in [1.807, 2.05) is 37.4 Å². The third kappa shape index (κ3) is 6.03. The summed E-state index contributed by atoms with van der Waals surface area (Å²) in [7, 11) is 3.43. The fraction of sp³-hybridized carbons (Fsp3) is 0.348. The molecule has 2 N–H and O–H groups in total. The van der Waals surface area contributed by atoms with Gasteiger partial charge in [-0.3, -0.25) is 9.59 Å². The van der Waals surface area contributed by atoms with Gasteiger partial charge in [-0.25, -0.2) is 4.98 Å². The monoisotopic (exact) mass is 424 g/mol. The molecule has 3 aromatic rings. The van der Waals surface area contributed by atoms with Gasteiger partial charge >= 0.3 is 0 Å². The van der Waals surface area contributed by atoms with E-state index >= 15 is 0 Å². The van der Waals surface area contributed by atoms with Crippen LogP contribution in [0, 0.1) is 0 Å². The molecule has 0 spiro atoms. The van der Waals surface area contributed by atoms with Gasteiger partial charge in [-0.2, -0.15) is 0 Å². The molecular formula is C23H28N4O2S. The summed E-state index contributed by atoms with van der Waals surface area (Å²) in [4.78, 5) is 30.3. The van der Waals surface area contributed by atoms with E-state index in [-0.39, 0.29) is 11.8 Å². The zero-order valence-electron chi connectivity index (χ0n) is 17.5. The normalized spacial score (nSPS) is 10.7. The Morgan fingerprint density at radius 2 is 1.80 bits per heavy atom. The first-order valence-corrected chi connectivity index (χ1v) is 11.0. The van der Waals surface area contributed by atoms with E-state index in [1.165, 1.54) is 4.70 Å². The molecule has 0 saturated heterocycles. The quantitative estimate of drug-likeness (QED) is 0.476. The number of unbranched alkanes of at least 4 members (excludes halogenated alkanes) is 2. The second kappa shape index (κ2) is 10.7. The van der Waals surface area contributed by atoms with Gasteiger partial charge in [0.1, 0.15) is 0 Å². The van der Waals surface area contributed by atoms with Crippen LogP contribution >= 0.6 is 11.3 Å². The highest BCUT2D eigenvalue weighted by Crippen LogP contribution is 2.25. The zero-order valence-corrected chi connectivity index (χ0v) is 18.3. The van der Waals surface area contributed by atoms with E-state index in [2.05, 4.69) is 21.7 Å². The Hall–Kier alpha value is -2.93. The van der Waals surface area contributed by atoms with E-state index in [0.29, 0.717) is 18.5 Å². The van der Waals surface area contributed by atoms with Gasteiger partial charge in [0, 0.05) is 39.2 Å². The summed E-state index contributed by atoms with van der Waals surface area (Å²) in [6, 6.07) is 15.5. The maximum absolute atomic E-state index is 12.4. The first kappa shape index (κ1) is 21.8. The Morgan fingerprint density at radius 3 is 2.53 bits per heavy atom. The highest BCUT2D eigenvalue weighted by Gasteiger charge is 2.10. The van der Waals surface area contributed by atoms with E-state index < -0.39 is 0 Å². The van der Waals surface area contributed by atoms with Gasteiger partial charge in [0.15, 0.2) is 5.13 Å². The van der Waals surface area contributed by atoms with E-state index in [0.717, 1.165) is 42.0 Å². The van der Waals surface area contributed by atoms with Gasteiger partial charge in [0.2, 0.25) is 5.91 Å². The molecular weight excluding hydrogens is 396 g/mol. The van der Waals surface area contributed by atoms with Gasteiger partial charge < -0.3 is 15.5 Å². The van der Waals surface area contributed by atoms with Gasteiger partial charge in [-0.05, 0) is 42.7 Å². The standard InChI is InChI=1S/C23H28N4O2S/c1-24-22(29)18-13-11-17(12-14-18)16-27(2)21(28)10-4-3-7-15-25-23-26-19-8-5-6-9-20(19)30-23/h5-6,8-9,11-14H,3-4,7,10,15-16H2,1-2H3,(H,24,29)(H,25,26). The van der Waals surface area contributed by atoms with Crippen molar-refractivity contribution in [3.63, 3.8) is 0 Å². The summed E-state index contributed by atoms with van der Waals surface area (Å²) >= 11 is 1.67. The molecule has 0 fully saturated rings. The molecule has 30 heavy (non-hydrogen) atoms. The van der Waals surface area contributed by atoms with Crippen molar-refractivity contribution in [2.75, 3.05) is 26.0 Å². The summed E-state index contributed by atoms with van der Waals surface area (Å²) in [5.74, 6) is 0.0353. The minimum Gasteiger partial charge on any atom is -0.361 e. The van der Waals surface area contributed by atoms with E-state index in [1.54, 1.807) is 35.4 Å². The third-order valence-electron chi connectivity index (χ3n) is 4.93. The third-order valence-corrected chi connectivity index (χ3v) is 5.92. The SMILES string of the molecule is CNC(=O)c1ccc(CN(C)C(=O)CCCCCNc2nc3ccccc3s2)cc1. The van der Waals surface area contributed by atoms with Crippen LogP contribution in [-0.2, 0) is 11.3 Å². The van der Waals surface area contributed by atoms with Gasteiger partial charge in [0.25, 0.3) is 5.91 Å². The fourth-order valence-corrected chi connectivity index (χ4v) is 4.07. The lowest BCUT2D eigenvalue weighted by Gasteiger charge is -2.17. The number of fused-ring (bicyclic) bond motifs is 1. The lowest BCUT2D eigenvalue weighted by atomic mass is 10.1. The number of amides is 2. The number of nitrogens with zero attached hydrogens (tertiary/aromatic N) is 2. The van der Waals surface area contributed by atoms with Crippen LogP contribution in [0.25, 0.3) is 10.2 Å². The van der Waals surface area contributed by atoms with E-state index in [9.17, 15) is 9.59 Å². The van der Waals surface area contributed by atoms with Crippen molar-refractivity contribution in [3.05, 3.63) is 59.7 Å². The van der Waals surface area contributed by atoms with Crippen LogP contribution in [0.5, 0.6) is 0 Å². The summed E-state index contributed by atoms with van der Waals surface area (Å²) in [5.41, 5.74) is 2.66. The number of nitrogens with one attached hydrogen (secondary N) is 2. The highest BCUT2D eigenvalue weighted by atomic mass is 32.1. The Kier molecular flexibility index (Phi) is 7.79. The number of benzene rings is 2. The molecule has 6 nitrogen and oxygen atoms in total. The van der Waals surface area contributed by atoms with Crippen LogP contribution in [-0.4, -0.2) is 42.3 Å². The van der Waals surface area contributed by atoms with E-state index in [4.69, 9.17) is 0 Å². The number of carbonyl (C=O) groups is 2. The van der Waals surface area contributed by atoms with Crippen molar-refractivity contribution in [1.82, 2.24) is 15.2 Å². The molecule has 7 heteroatoms.